The molecule has 0 N–H and O–H groups in total. The van der Waals surface area contributed by atoms with Crippen molar-refractivity contribution >= 4 is 39.2 Å². The summed E-state index contributed by atoms with van der Waals surface area (Å²) in [7, 11) is -2.64. The zero-order valence-electron chi connectivity index (χ0n) is 16.8. The van der Waals surface area contributed by atoms with Crippen molar-refractivity contribution in [2.24, 2.45) is 0 Å². The summed E-state index contributed by atoms with van der Waals surface area (Å²) >= 11 is 6.21. The molecule has 31 heavy (non-hydrogen) atoms. The maximum Gasteiger partial charge on any atom is 0.329 e. The predicted molar refractivity (Wildman–Crippen MR) is 114 cm³/mol. The number of esters is 1. The second-order valence-corrected chi connectivity index (χ2v) is 9.52. The minimum absolute atomic E-state index is 0.0226. The molecule has 1 fully saturated rings. The van der Waals surface area contributed by atoms with Gasteiger partial charge in [0, 0.05) is 30.8 Å². The van der Waals surface area contributed by atoms with Gasteiger partial charge in [-0.1, -0.05) is 29.8 Å². The summed E-state index contributed by atoms with van der Waals surface area (Å²) in [6.07, 6.45) is 0.321. The molecule has 0 bridgehead atoms. The fourth-order valence-corrected chi connectivity index (χ4v) is 5.77. The van der Waals surface area contributed by atoms with Gasteiger partial charge in [-0.15, -0.1) is 0 Å². The van der Waals surface area contributed by atoms with E-state index in [9.17, 15) is 18.0 Å². The molecule has 0 radical (unpaired) electrons. The highest BCUT2D eigenvalue weighted by Gasteiger charge is 2.40. The summed E-state index contributed by atoms with van der Waals surface area (Å²) in [6.45, 7) is 1.00. The molecule has 1 saturated heterocycles. The third-order valence-electron chi connectivity index (χ3n) is 5.43. The van der Waals surface area contributed by atoms with Crippen LogP contribution in [0.4, 0.5) is 5.69 Å². The molecule has 4 rings (SSSR count). The van der Waals surface area contributed by atoms with Gasteiger partial charge in [-0.05, 0) is 29.8 Å². The summed E-state index contributed by atoms with van der Waals surface area (Å²) in [5.74, 6) is -1.05. The second kappa shape index (κ2) is 8.58. The molecule has 1 amide bonds. The topological polar surface area (TPSA) is 93.2 Å². The first kappa shape index (κ1) is 21.8. The van der Waals surface area contributed by atoms with E-state index in [1.807, 2.05) is 12.1 Å². The van der Waals surface area contributed by atoms with Crippen molar-refractivity contribution in [3.63, 3.8) is 0 Å². The SMILES string of the molecule is COC(=O)C1Cc2ccccc2N1C(=O)c1ccc(Cl)c(S(=O)(=O)N2CCOCC2)c1. The molecular weight excluding hydrogens is 444 g/mol. The van der Waals surface area contributed by atoms with Crippen LogP contribution in [0.1, 0.15) is 15.9 Å². The Bertz CT molecular complexity index is 1130. The van der Waals surface area contributed by atoms with Crippen LogP contribution in [0.5, 0.6) is 0 Å². The summed E-state index contributed by atoms with van der Waals surface area (Å²) in [6, 6.07) is 10.5. The van der Waals surface area contributed by atoms with E-state index in [0.717, 1.165) is 5.56 Å². The number of methoxy groups -OCH3 is 1. The van der Waals surface area contributed by atoms with Gasteiger partial charge in [0.1, 0.15) is 10.9 Å². The summed E-state index contributed by atoms with van der Waals surface area (Å²) in [4.78, 5) is 27.0. The van der Waals surface area contributed by atoms with E-state index in [0.29, 0.717) is 25.3 Å². The minimum atomic E-state index is -3.91. The molecule has 8 nitrogen and oxygen atoms in total. The van der Waals surface area contributed by atoms with Crippen molar-refractivity contribution in [3.8, 4) is 0 Å². The fraction of sp³-hybridized carbons (Fsp3) is 0.333. The monoisotopic (exact) mass is 464 g/mol. The number of rotatable bonds is 4. The number of halogens is 1. The van der Waals surface area contributed by atoms with Crippen LogP contribution in [0.25, 0.3) is 0 Å². The van der Waals surface area contributed by atoms with Gasteiger partial charge >= 0.3 is 5.97 Å². The lowest BCUT2D eigenvalue weighted by molar-refractivity contribution is -0.141. The Morgan fingerprint density at radius 3 is 2.55 bits per heavy atom. The van der Waals surface area contributed by atoms with E-state index in [-0.39, 0.29) is 28.6 Å². The van der Waals surface area contributed by atoms with Gasteiger partial charge < -0.3 is 9.47 Å². The van der Waals surface area contributed by atoms with Gasteiger partial charge in [-0.3, -0.25) is 9.69 Å². The summed E-state index contributed by atoms with van der Waals surface area (Å²) in [5.41, 5.74) is 1.54. The number of carbonyl (C=O) groups excluding carboxylic acids is 2. The molecule has 2 aliphatic heterocycles. The fourth-order valence-electron chi connectivity index (χ4n) is 3.86. The molecule has 0 saturated carbocycles. The second-order valence-electron chi connectivity index (χ2n) is 7.21. The third kappa shape index (κ3) is 3.94. The Morgan fingerprint density at radius 2 is 1.84 bits per heavy atom. The average Bonchev–Trinajstić information content (AvgIpc) is 3.18. The minimum Gasteiger partial charge on any atom is -0.467 e. The Labute approximate surface area is 185 Å². The molecular formula is C21H21ClN2O6S. The lowest BCUT2D eigenvalue weighted by Gasteiger charge is -2.27. The van der Waals surface area contributed by atoms with E-state index in [4.69, 9.17) is 21.1 Å². The Hall–Kier alpha value is -2.46. The number of amides is 1. The van der Waals surface area contributed by atoms with Crippen LogP contribution < -0.4 is 4.90 Å². The first-order valence-corrected chi connectivity index (χ1v) is 11.5. The van der Waals surface area contributed by atoms with Gasteiger partial charge in [-0.25, -0.2) is 13.2 Å². The van der Waals surface area contributed by atoms with Gasteiger partial charge in [0.25, 0.3) is 5.91 Å². The Morgan fingerprint density at radius 1 is 1.13 bits per heavy atom. The summed E-state index contributed by atoms with van der Waals surface area (Å²) in [5, 5.41) is 0.0226. The lowest BCUT2D eigenvalue weighted by atomic mass is 10.1. The molecule has 0 aliphatic carbocycles. The van der Waals surface area contributed by atoms with Crippen LogP contribution in [-0.2, 0) is 30.7 Å². The highest BCUT2D eigenvalue weighted by Crippen LogP contribution is 2.35. The molecule has 164 valence electrons. The molecule has 0 spiro atoms. The first-order valence-electron chi connectivity index (χ1n) is 9.71. The maximum atomic E-state index is 13.5. The number of hydrogen-bond donors (Lipinski definition) is 0. The van der Waals surface area contributed by atoms with Crippen LogP contribution in [0, 0.1) is 0 Å². The molecule has 10 heteroatoms. The standard InChI is InChI=1S/C21H21ClN2O6S/c1-29-21(26)18-12-14-4-2-3-5-17(14)24(18)20(25)15-6-7-16(22)19(13-15)31(27,28)23-8-10-30-11-9-23/h2-7,13,18H,8-12H2,1H3. The number of fused-ring (bicyclic) bond motifs is 1. The molecule has 2 heterocycles. The smallest absolute Gasteiger partial charge is 0.329 e. The van der Waals surface area contributed by atoms with E-state index >= 15 is 0 Å². The van der Waals surface area contributed by atoms with E-state index in [2.05, 4.69) is 0 Å². The molecule has 0 aromatic heterocycles. The largest absolute Gasteiger partial charge is 0.467 e. The van der Waals surface area contributed by atoms with Gasteiger partial charge in [0.2, 0.25) is 10.0 Å². The average molecular weight is 465 g/mol. The zero-order chi connectivity index (χ0) is 22.2. The number of nitrogens with zero attached hydrogens (tertiary/aromatic N) is 2. The first-order chi connectivity index (χ1) is 14.8. The van der Waals surface area contributed by atoms with Crippen molar-refractivity contribution in [2.45, 2.75) is 17.4 Å². The van der Waals surface area contributed by atoms with E-state index in [1.165, 1.54) is 34.5 Å². The number of sulfonamides is 1. The van der Waals surface area contributed by atoms with Crippen molar-refractivity contribution in [1.82, 2.24) is 4.31 Å². The number of anilines is 1. The number of hydrogen-bond acceptors (Lipinski definition) is 6. The van der Waals surface area contributed by atoms with Crippen LogP contribution in [0.15, 0.2) is 47.4 Å². The van der Waals surface area contributed by atoms with E-state index < -0.39 is 27.9 Å². The van der Waals surface area contributed by atoms with Crippen LogP contribution in [0.2, 0.25) is 5.02 Å². The number of ether oxygens (including phenoxy) is 2. The van der Waals surface area contributed by atoms with Crippen molar-refractivity contribution in [2.75, 3.05) is 38.3 Å². The van der Waals surface area contributed by atoms with E-state index in [1.54, 1.807) is 12.1 Å². The normalized spacial score (nSPS) is 19.2. The Kier molecular flexibility index (Phi) is 6.02. The van der Waals surface area contributed by atoms with Crippen LogP contribution >= 0.6 is 11.6 Å². The molecule has 1 atom stereocenters. The number of morpholine rings is 1. The number of carbonyl (C=O) groups is 2. The number of benzene rings is 2. The maximum absolute atomic E-state index is 13.5. The van der Waals surface area contributed by atoms with Crippen LogP contribution in [-0.4, -0.2) is 64.1 Å². The lowest BCUT2D eigenvalue weighted by Crippen LogP contribution is -2.43. The van der Waals surface area contributed by atoms with Gasteiger partial charge in [0.05, 0.1) is 25.3 Å². The van der Waals surface area contributed by atoms with Crippen molar-refractivity contribution < 1.29 is 27.5 Å². The van der Waals surface area contributed by atoms with Crippen molar-refractivity contribution in [3.05, 3.63) is 58.6 Å². The third-order valence-corrected chi connectivity index (χ3v) is 7.81. The van der Waals surface area contributed by atoms with Gasteiger partial charge in [-0.2, -0.15) is 4.31 Å². The highest BCUT2D eigenvalue weighted by atomic mass is 35.5. The zero-order valence-corrected chi connectivity index (χ0v) is 18.4. The Balaban J connectivity index is 1.73. The molecule has 2 aromatic carbocycles. The molecule has 2 aromatic rings. The molecule has 1 unspecified atom stereocenters. The van der Waals surface area contributed by atoms with Crippen molar-refractivity contribution in [1.29, 1.82) is 0 Å². The number of para-hydroxylation sites is 1. The highest BCUT2D eigenvalue weighted by molar-refractivity contribution is 7.89. The van der Waals surface area contributed by atoms with Gasteiger partial charge in [0.15, 0.2) is 0 Å². The summed E-state index contributed by atoms with van der Waals surface area (Å²) < 4.78 is 37.6. The molecule has 2 aliphatic rings. The quantitative estimate of drug-likeness (QED) is 0.643. The predicted octanol–water partition coefficient (Wildman–Crippen LogP) is 2.11. The van der Waals surface area contributed by atoms with Crippen LogP contribution in [0.3, 0.4) is 0 Å².